The molecule has 0 amide bonds. The van der Waals surface area contributed by atoms with Gasteiger partial charge in [-0.3, -0.25) is 9.59 Å². The van der Waals surface area contributed by atoms with Crippen molar-refractivity contribution in [2.75, 3.05) is 6.61 Å². The minimum absolute atomic E-state index is 0.0165. The van der Waals surface area contributed by atoms with Gasteiger partial charge >= 0.3 is 5.97 Å². The summed E-state index contributed by atoms with van der Waals surface area (Å²) in [6, 6.07) is 0. The molecular formula is C11H20O3. The Morgan fingerprint density at radius 3 is 2.21 bits per heavy atom. The number of hydrogen-bond acceptors (Lipinski definition) is 3. The molecule has 0 bridgehead atoms. The standard InChI is InChI=1S/C11H20O3/c1-5-14-11(13)7-10(12)9(4)6-8(2)3/h8-9H,5-7H2,1-4H3. The van der Waals surface area contributed by atoms with Gasteiger partial charge in [0.05, 0.1) is 6.61 Å². The Morgan fingerprint density at radius 2 is 1.79 bits per heavy atom. The van der Waals surface area contributed by atoms with Crippen molar-refractivity contribution < 1.29 is 14.3 Å². The molecule has 82 valence electrons. The summed E-state index contributed by atoms with van der Waals surface area (Å²) in [5.41, 5.74) is 0. The van der Waals surface area contributed by atoms with Crippen LogP contribution in [-0.4, -0.2) is 18.4 Å². The van der Waals surface area contributed by atoms with E-state index in [1.54, 1.807) is 6.92 Å². The number of carbonyl (C=O) groups excluding carboxylic acids is 2. The average molecular weight is 200 g/mol. The van der Waals surface area contributed by atoms with E-state index in [1.807, 2.05) is 6.92 Å². The molecule has 3 heteroatoms. The van der Waals surface area contributed by atoms with Gasteiger partial charge in [-0.1, -0.05) is 20.8 Å². The molecule has 0 fully saturated rings. The maximum absolute atomic E-state index is 11.5. The molecule has 0 saturated heterocycles. The third-order valence-corrected chi connectivity index (χ3v) is 2.00. The molecule has 0 aromatic rings. The summed E-state index contributed by atoms with van der Waals surface area (Å²) in [4.78, 5) is 22.5. The Hall–Kier alpha value is -0.860. The summed E-state index contributed by atoms with van der Waals surface area (Å²) in [6.45, 7) is 8.06. The van der Waals surface area contributed by atoms with Crippen LogP contribution < -0.4 is 0 Å². The normalized spacial score (nSPS) is 12.6. The summed E-state index contributed by atoms with van der Waals surface area (Å²) >= 11 is 0. The zero-order chi connectivity index (χ0) is 11.1. The van der Waals surface area contributed by atoms with Crippen molar-refractivity contribution in [2.45, 2.75) is 40.5 Å². The molecule has 0 spiro atoms. The molecule has 0 aliphatic heterocycles. The van der Waals surface area contributed by atoms with Crippen LogP contribution in [0.2, 0.25) is 0 Å². The minimum atomic E-state index is -0.409. The van der Waals surface area contributed by atoms with E-state index < -0.39 is 5.97 Å². The molecule has 1 atom stereocenters. The smallest absolute Gasteiger partial charge is 0.313 e. The lowest BCUT2D eigenvalue weighted by molar-refractivity contribution is -0.146. The van der Waals surface area contributed by atoms with E-state index in [0.717, 1.165) is 6.42 Å². The first kappa shape index (κ1) is 13.1. The fraction of sp³-hybridized carbons (Fsp3) is 0.818. The predicted octanol–water partition coefficient (Wildman–Crippen LogP) is 2.19. The van der Waals surface area contributed by atoms with Crippen LogP contribution in [0.1, 0.15) is 40.5 Å². The van der Waals surface area contributed by atoms with Crippen LogP contribution in [0.5, 0.6) is 0 Å². The predicted molar refractivity (Wildman–Crippen MR) is 54.9 cm³/mol. The van der Waals surface area contributed by atoms with Crippen LogP contribution in [-0.2, 0) is 14.3 Å². The Morgan fingerprint density at radius 1 is 1.21 bits per heavy atom. The van der Waals surface area contributed by atoms with Gasteiger partial charge in [-0.25, -0.2) is 0 Å². The minimum Gasteiger partial charge on any atom is -0.466 e. The van der Waals surface area contributed by atoms with Gasteiger partial charge in [0, 0.05) is 5.92 Å². The number of esters is 1. The van der Waals surface area contributed by atoms with Crippen molar-refractivity contribution in [3.05, 3.63) is 0 Å². The van der Waals surface area contributed by atoms with E-state index in [9.17, 15) is 9.59 Å². The lowest BCUT2D eigenvalue weighted by Gasteiger charge is -2.11. The first-order valence-corrected chi connectivity index (χ1v) is 5.15. The average Bonchev–Trinajstić information content (AvgIpc) is 2.02. The number of carbonyl (C=O) groups is 2. The van der Waals surface area contributed by atoms with Crippen molar-refractivity contribution in [1.82, 2.24) is 0 Å². The van der Waals surface area contributed by atoms with Crippen molar-refractivity contribution in [2.24, 2.45) is 11.8 Å². The number of rotatable bonds is 6. The Balaban J connectivity index is 3.89. The van der Waals surface area contributed by atoms with Gasteiger partial charge in [0.2, 0.25) is 0 Å². The Bertz CT molecular complexity index is 197. The second-order valence-electron chi connectivity index (χ2n) is 3.98. The van der Waals surface area contributed by atoms with Gasteiger partial charge in [0.25, 0.3) is 0 Å². The van der Waals surface area contributed by atoms with Crippen LogP contribution in [0.25, 0.3) is 0 Å². The molecule has 0 aromatic heterocycles. The number of Topliss-reactive ketones (excluding diaryl/α,β-unsaturated/α-hetero) is 1. The molecule has 0 aliphatic rings. The van der Waals surface area contributed by atoms with Crippen molar-refractivity contribution in [1.29, 1.82) is 0 Å². The highest BCUT2D eigenvalue weighted by Crippen LogP contribution is 2.13. The van der Waals surface area contributed by atoms with Gasteiger partial charge in [0.1, 0.15) is 12.2 Å². The van der Waals surface area contributed by atoms with Crippen LogP contribution in [0.3, 0.4) is 0 Å². The van der Waals surface area contributed by atoms with Crippen LogP contribution in [0.4, 0.5) is 0 Å². The van der Waals surface area contributed by atoms with Gasteiger partial charge in [-0.2, -0.15) is 0 Å². The van der Waals surface area contributed by atoms with Crippen LogP contribution in [0, 0.1) is 11.8 Å². The third kappa shape index (κ3) is 5.73. The maximum Gasteiger partial charge on any atom is 0.313 e. The molecule has 0 saturated carbocycles. The van der Waals surface area contributed by atoms with Gasteiger partial charge in [-0.05, 0) is 19.3 Å². The summed E-state index contributed by atoms with van der Waals surface area (Å²) in [6.07, 6.45) is 0.750. The van der Waals surface area contributed by atoms with Crippen molar-refractivity contribution in [3.8, 4) is 0 Å². The number of ketones is 1. The van der Waals surface area contributed by atoms with Crippen molar-refractivity contribution >= 4 is 11.8 Å². The zero-order valence-corrected chi connectivity index (χ0v) is 9.50. The zero-order valence-electron chi connectivity index (χ0n) is 9.50. The van der Waals surface area contributed by atoms with Crippen molar-refractivity contribution in [3.63, 3.8) is 0 Å². The van der Waals surface area contributed by atoms with E-state index in [2.05, 4.69) is 13.8 Å². The summed E-state index contributed by atoms with van der Waals surface area (Å²) in [7, 11) is 0. The fourth-order valence-electron chi connectivity index (χ4n) is 1.37. The Kier molecular flexibility index (Phi) is 6.17. The molecule has 1 unspecified atom stereocenters. The lowest BCUT2D eigenvalue weighted by atomic mass is 9.94. The molecule has 3 nitrogen and oxygen atoms in total. The van der Waals surface area contributed by atoms with E-state index in [-0.39, 0.29) is 18.1 Å². The topological polar surface area (TPSA) is 43.4 Å². The molecule has 0 aliphatic carbocycles. The van der Waals surface area contributed by atoms with E-state index in [1.165, 1.54) is 0 Å². The fourth-order valence-corrected chi connectivity index (χ4v) is 1.37. The van der Waals surface area contributed by atoms with Gasteiger partial charge in [-0.15, -0.1) is 0 Å². The summed E-state index contributed by atoms with van der Waals surface area (Å²) in [5, 5.41) is 0. The van der Waals surface area contributed by atoms with Crippen LogP contribution >= 0.6 is 0 Å². The molecule has 0 radical (unpaired) electrons. The van der Waals surface area contributed by atoms with E-state index in [4.69, 9.17) is 4.74 Å². The lowest BCUT2D eigenvalue weighted by Crippen LogP contribution is -2.18. The largest absolute Gasteiger partial charge is 0.466 e. The van der Waals surface area contributed by atoms with E-state index in [0.29, 0.717) is 12.5 Å². The molecule has 0 aromatic carbocycles. The molecule has 14 heavy (non-hydrogen) atoms. The summed E-state index contributed by atoms with van der Waals surface area (Å²) < 4.78 is 4.71. The molecule has 0 heterocycles. The highest BCUT2D eigenvalue weighted by molar-refractivity contribution is 5.96. The highest BCUT2D eigenvalue weighted by atomic mass is 16.5. The SMILES string of the molecule is CCOC(=O)CC(=O)C(C)CC(C)C. The third-order valence-electron chi connectivity index (χ3n) is 2.00. The Labute approximate surface area is 85.8 Å². The van der Waals surface area contributed by atoms with Crippen LogP contribution in [0.15, 0.2) is 0 Å². The molecular weight excluding hydrogens is 180 g/mol. The number of ether oxygens (including phenoxy) is 1. The molecule has 0 N–H and O–H groups in total. The number of hydrogen-bond donors (Lipinski definition) is 0. The second-order valence-corrected chi connectivity index (χ2v) is 3.98. The van der Waals surface area contributed by atoms with E-state index >= 15 is 0 Å². The summed E-state index contributed by atoms with van der Waals surface area (Å²) in [5.74, 6) is 0.0146. The molecule has 0 rings (SSSR count). The first-order valence-electron chi connectivity index (χ1n) is 5.15. The first-order chi connectivity index (χ1) is 6.47. The van der Waals surface area contributed by atoms with Gasteiger partial charge < -0.3 is 4.74 Å². The highest BCUT2D eigenvalue weighted by Gasteiger charge is 2.18. The quantitative estimate of drug-likeness (QED) is 0.487. The second kappa shape index (κ2) is 6.57. The monoisotopic (exact) mass is 200 g/mol. The maximum atomic E-state index is 11.5. The van der Waals surface area contributed by atoms with Gasteiger partial charge in [0.15, 0.2) is 0 Å².